The van der Waals surface area contributed by atoms with Crippen molar-refractivity contribution in [3.63, 3.8) is 0 Å². The fourth-order valence-corrected chi connectivity index (χ4v) is 3.42. The summed E-state index contributed by atoms with van der Waals surface area (Å²) < 4.78 is 14.4. The number of rotatable bonds is 6. The van der Waals surface area contributed by atoms with Gasteiger partial charge in [-0.25, -0.2) is 24.3 Å². The lowest BCUT2D eigenvalue weighted by Crippen LogP contribution is -1.98. The molecule has 3 aromatic heterocycles. The normalized spacial score (nSPS) is 10.8. The van der Waals surface area contributed by atoms with Crippen LogP contribution in [0.1, 0.15) is 13.3 Å². The summed E-state index contributed by atoms with van der Waals surface area (Å²) in [5.74, 6) is 0.0483. The third kappa shape index (κ3) is 3.86. The van der Waals surface area contributed by atoms with Gasteiger partial charge in [-0.1, -0.05) is 30.4 Å². The van der Waals surface area contributed by atoms with Gasteiger partial charge in [-0.05, 0) is 24.6 Å². The van der Waals surface area contributed by atoms with E-state index in [1.165, 1.54) is 17.4 Å². The van der Waals surface area contributed by atoms with Crippen molar-refractivity contribution in [2.24, 2.45) is 0 Å². The molecule has 8 heteroatoms. The Kier molecular flexibility index (Phi) is 5.29. The lowest BCUT2D eigenvalue weighted by molar-refractivity contribution is 0.630. The third-order valence-corrected chi connectivity index (χ3v) is 4.93. The number of halogens is 1. The van der Waals surface area contributed by atoms with Crippen LogP contribution in [0.4, 0.5) is 9.52 Å². The van der Waals surface area contributed by atoms with E-state index < -0.39 is 0 Å². The molecule has 0 aliphatic heterocycles. The van der Waals surface area contributed by atoms with Gasteiger partial charge in [-0.15, -0.1) is 0 Å². The molecule has 140 valence electrons. The van der Waals surface area contributed by atoms with Crippen LogP contribution >= 0.6 is 11.3 Å². The maximum absolute atomic E-state index is 14.4. The van der Waals surface area contributed by atoms with Crippen molar-refractivity contribution in [3.05, 3.63) is 60.9 Å². The van der Waals surface area contributed by atoms with E-state index in [2.05, 4.69) is 37.2 Å². The van der Waals surface area contributed by atoms with E-state index in [0.717, 1.165) is 23.0 Å². The first kappa shape index (κ1) is 18.1. The predicted molar refractivity (Wildman–Crippen MR) is 108 cm³/mol. The van der Waals surface area contributed by atoms with Gasteiger partial charge >= 0.3 is 0 Å². The Bertz CT molecular complexity index is 1080. The lowest BCUT2D eigenvalue weighted by Gasteiger charge is -2.08. The quantitative estimate of drug-likeness (QED) is 0.513. The Morgan fingerprint density at radius 1 is 1.00 bits per heavy atom. The first-order valence-electron chi connectivity index (χ1n) is 8.85. The van der Waals surface area contributed by atoms with E-state index in [0.29, 0.717) is 28.5 Å². The van der Waals surface area contributed by atoms with Gasteiger partial charge in [0, 0.05) is 30.7 Å². The molecule has 0 amide bonds. The summed E-state index contributed by atoms with van der Waals surface area (Å²) in [5, 5.41) is 4.09. The monoisotopic (exact) mass is 392 g/mol. The third-order valence-electron chi connectivity index (χ3n) is 3.95. The Hall–Kier alpha value is -3.26. The number of aromatic nitrogens is 5. The van der Waals surface area contributed by atoms with Crippen LogP contribution in [0.15, 0.2) is 55.1 Å². The summed E-state index contributed by atoms with van der Waals surface area (Å²) in [4.78, 5) is 22.8. The summed E-state index contributed by atoms with van der Waals surface area (Å²) in [6.07, 6.45) is 7.52. The van der Waals surface area contributed by atoms with Gasteiger partial charge in [0.05, 0.1) is 22.5 Å². The second-order valence-corrected chi connectivity index (χ2v) is 7.02. The molecule has 0 radical (unpaired) electrons. The average Bonchev–Trinajstić information content (AvgIpc) is 3.22. The second-order valence-electron chi connectivity index (χ2n) is 5.99. The summed E-state index contributed by atoms with van der Waals surface area (Å²) in [5.41, 5.74) is 2.08. The number of benzene rings is 1. The molecular formula is C20H17FN6S. The van der Waals surface area contributed by atoms with Gasteiger partial charge in [0.15, 0.2) is 11.0 Å². The first-order valence-corrected chi connectivity index (χ1v) is 9.66. The molecule has 0 saturated carbocycles. The number of thiazole rings is 1. The topological polar surface area (TPSA) is 76.5 Å². The Morgan fingerprint density at radius 2 is 1.86 bits per heavy atom. The Balaban J connectivity index is 1.83. The molecule has 0 bridgehead atoms. The van der Waals surface area contributed by atoms with Gasteiger partial charge in [0.2, 0.25) is 0 Å². The molecule has 3 heterocycles. The minimum absolute atomic E-state index is 0.341. The standard InChI is InChI=1S/C20H17FN6S/c1-2-7-24-20-25-12-18(28-20)16-10-15(13-5-3-4-6-14(13)21)26-19(27-16)17-11-22-8-9-23-17/h3-6,8-12H,2,7H2,1H3,(H,24,25). The van der Waals surface area contributed by atoms with Crippen molar-refractivity contribution in [3.8, 4) is 33.3 Å². The number of hydrogen-bond acceptors (Lipinski definition) is 7. The van der Waals surface area contributed by atoms with Crippen LogP contribution in [-0.2, 0) is 0 Å². The number of hydrogen-bond donors (Lipinski definition) is 1. The molecule has 0 spiro atoms. The molecule has 0 aliphatic carbocycles. The van der Waals surface area contributed by atoms with Crippen molar-refractivity contribution >= 4 is 16.5 Å². The van der Waals surface area contributed by atoms with Gasteiger partial charge in [-0.3, -0.25) is 4.98 Å². The maximum atomic E-state index is 14.4. The van der Waals surface area contributed by atoms with Crippen molar-refractivity contribution in [1.29, 1.82) is 0 Å². The molecule has 6 nitrogen and oxygen atoms in total. The Labute approximate surface area is 165 Å². The van der Waals surface area contributed by atoms with Crippen molar-refractivity contribution in [2.75, 3.05) is 11.9 Å². The zero-order chi connectivity index (χ0) is 19.3. The van der Waals surface area contributed by atoms with Crippen molar-refractivity contribution in [2.45, 2.75) is 13.3 Å². The summed E-state index contributed by atoms with van der Waals surface area (Å²) in [7, 11) is 0. The van der Waals surface area contributed by atoms with E-state index >= 15 is 0 Å². The summed E-state index contributed by atoms with van der Waals surface area (Å²) in [6.45, 7) is 2.95. The zero-order valence-electron chi connectivity index (χ0n) is 15.1. The van der Waals surface area contributed by atoms with Gasteiger partial charge in [0.25, 0.3) is 0 Å². The number of nitrogens with zero attached hydrogens (tertiary/aromatic N) is 5. The van der Waals surface area contributed by atoms with Crippen LogP contribution in [0.25, 0.3) is 33.3 Å². The fourth-order valence-electron chi connectivity index (χ4n) is 2.62. The van der Waals surface area contributed by atoms with Crippen molar-refractivity contribution < 1.29 is 4.39 Å². The molecule has 1 N–H and O–H groups in total. The SMILES string of the molecule is CCCNc1ncc(-c2cc(-c3ccccc3F)nc(-c3cnccn3)n2)s1. The molecule has 28 heavy (non-hydrogen) atoms. The highest BCUT2D eigenvalue weighted by atomic mass is 32.1. The summed E-state index contributed by atoms with van der Waals surface area (Å²) >= 11 is 1.50. The highest BCUT2D eigenvalue weighted by Crippen LogP contribution is 2.32. The zero-order valence-corrected chi connectivity index (χ0v) is 15.9. The first-order chi connectivity index (χ1) is 13.7. The highest BCUT2D eigenvalue weighted by Gasteiger charge is 2.15. The largest absolute Gasteiger partial charge is 0.362 e. The van der Waals surface area contributed by atoms with Crippen LogP contribution in [0.3, 0.4) is 0 Å². The van der Waals surface area contributed by atoms with E-state index in [1.807, 2.05) is 0 Å². The van der Waals surface area contributed by atoms with Crippen LogP contribution < -0.4 is 5.32 Å². The average molecular weight is 392 g/mol. The lowest BCUT2D eigenvalue weighted by atomic mass is 10.1. The number of anilines is 1. The minimum Gasteiger partial charge on any atom is -0.362 e. The predicted octanol–water partition coefficient (Wildman–Crippen LogP) is 4.69. The van der Waals surface area contributed by atoms with Crippen LogP contribution in [-0.4, -0.2) is 31.5 Å². The molecule has 0 saturated heterocycles. The highest BCUT2D eigenvalue weighted by molar-refractivity contribution is 7.18. The molecule has 1 aromatic carbocycles. The Morgan fingerprint density at radius 3 is 2.64 bits per heavy atom. The molecule has 4 aromatic rings. The fraction of sp³-hybridized carbons (Fsp3) is 0.150. The van der Waals surface area contributed by atoms with Crippen LogP contribution in [0, 0.1) is 5.82 Å². The van der Waals surface area contributed by atoms with E-state index in [1.54, 1.807) is 49.1 Å². The van der Waals surface area contributed by atoms with Crippen molar-refractivity contribution in [1.82, 2.24) is 24.9 Å². The van der Waals surface area contributed by atoms with Gasteiger partial charge in [-0.2, -0.15) is 0 Å². The smallest absolute Gasteiger partial charge is 0.183 e. The summed E-state index contributed by atoms with van der Waals surface area (Å²) in [6, 6.07) is 8.32. The molecule has 0 aliphatic rings. The van der Waals surface area contributed by atoms with E-state index in [4.69, 9.17) is 0 Å². The van der Waals surface area contributed by atoms with Crippen LogP contribution in [0.5, 0.6) is 0 Å². The van der Waals surface area contributed by atoms with E-state index in [9.17, 15) is 4.39 Å². The maximum Gasteiger partial charge on any atom is 0.183 e. The second kappa shape index (κ2) is 8.18. The minimum atomic E-state index is -0.341. The molecule has 0 unspecified atom stereocenters. The number of nitrogens with one attached hydrogen (secondary N) is 1. The molecular weight excluding hydrogens is 375 g/mol. The van der Waals surface area contributed by atoms with Crippen LogP contribution in [0.2, 0.25) is 0 Å². The van der Waals surface area contributed by atoms with Gasteiger partial charge < -0.3 is 5.32 Å². The molecule has 4 rings (SSSR count). The van der Waals surface area contributed by atoms with Gasteiger partial charge in [0.1, 0.15) is 11.5 Å². The molecule has 0 fully saturated rings. The van der Waals surface area contributed by atoms with E-state index in [-0.39, 0.29) is 5.82 Å². The molecule has 0 atom stereocenters.